The van der Waals surface area contributed by atoms with Crippen LogP contribution >= 0.6 is 0 Å². The van der Waals surface area contributed by atoms with Gasteiger partial charge in [-0.1, -0.05) is 39.3 Å². The lowest BCUT2D eigenvalue weighted by Crippen LogP contribution is -2.52. The lowest BCUT2D eigenvalue weighted by molar-refractivity contribution is 0.0556. The molecule has 0 saturated carbocycles. The van der Waals surface area contributed by atoms with Gasteiger partial charge in [-0.2, -0.15) is 15.0 Å². The minimum Gasteiger partial charge on any atom is -0.466 e. The molecule has 1 heterocycles. The van der Waals surface area contributed by atoms with Gasteiger partial charge in [-0.3, -0.25) is 0 Å². The van der Waals surface area contributed by atoms with Gasteiger partial charge in [-0.15, -0.1) is 0 Å². The Morgan fingerprint density at radius 2 is 0.923 bits per heavy atom. The lowest BCUT2D eigenvalue weighted by atomic mass is 10.2. The van der Waals surface area contributed by atoms with Crippen LogP contribution in [0.15, 0.2) is 48.5 Å². The molecule has 2 aromatic carbocycles. The maximum absolute atomic E-state index is 12.6. The second kappa shape index (κ2) is 17.7. The fraction of sp³-hybridized carbons (Fsp3) is 0.514. The molecule has 0 radical (unpaired) electrons. The summed E-state index contributed by atoms with van der Waals surface area (Å²) in [5, 5.41) is 9.85. The number of anilines is 5. The Morgan fingerprint density at radius 1 is 0.558 bits per heavy atom. The van der Waals surface area contributed by atoms with Crippen LogP contribution in [0.1, 0.15) is 27.1 Å². The Kier molecular flexibility index (Phi) is 14.7. The standard InChI is InChI=1S/C35H60N6O6Si5/c1-48(2,3)25-44-31(42)27-15-19-29(20-16-27)37-34-39-33(36-23-14-24-52(13,46-50(7,8)9)47-51(10,11)12)40-35(41-34)38-30-21-17-28(18-22-30)32(43)45-26-49(4,5)6/h15-22H,14,23-26H2,1-13H3,(H3,36,37,38,39,40,41). The number of esters is 2. The molecule has 0 spiro atoms. The van der Waals surface area contributed by atoms with Crippen molar-refractivity contribution in [3.63, 3.8) is 0 Å². The summed E-state index contributed by atoms with van der Waals surface area (Å²) in [6.45, 7) is 29.0. The van der Waals surface area contributed by atoms with Crippen molar-refractivity contribution in [3.05, 3.63) is 59.7 Å². The number of ether oxygens (including phenoxy) is 2. The summed E-state index contributed by atoms with van der Waals surface area (Å²) in [6.07, 6.45) is 1.75. The van der Waals surface area contributed by atoms with Crippen LogP contribution in [0.2, 0.25) is 91.2 Å². The Labute approximate surface area is 315 Å². The molecule has 1 aromatic heterocycles. The first-order valence-electron chi connectivity index (χ1n) is 17.9. The molecule has 17 heteroatoms. The van der Waals surface area contributed by atoms with E-state index in [2.05, 4.69) is 116 Å². The van der Waals surface area contributed by atoms with Gasteiger partial charge in [-0.05, 0) is 107 Å². The SMILES string of the molecule is C[Si](C)(C)COC(=O)c1ccc(Nc2nc(NCCC[Si](C)(O[Si](C)(C)C)O[Si](C)(C)C)nc(Nc3ccc(C(=O)OC[Si](C)(C)C)cc3)n2)cc1. The monoisotopic (exact) mass is 800 g/mol. The zero-order valence-corrected chi connectivity index (χ0v) is 38.4. The number of hydrogen-bond donors (Lipinski definition) is 3. The van der Waals surface area contributed by atoms with Gasteiger partial charge in [0, 0.05) is 17.9 Å². The van der Waals surface area contributed by atoms with Crippen molar-refractivity contribution in [1.82, 2.24) is 15.0 Å². The molecular formula is C35H60N6O6Si5. The van der Waals surface area contributed by atoms with Crippen LogP contribution < -0.4 is 16.0 Å². The topological polar surface area (TPSA) is 146 Å². The molecule has 0 fully saturated rings. The second-order valence-corrected chi connectivity index (χ2v) is 41.2. The van der Waals surface area contributed by atoms with E-state index in [1.54, 1.807) is 48.5 Å². The summed E-state index contributed by atoms with van der Waals surface area (Å²) in [5.74, 6) is 0.325. The maximum atomic E-state index is 12.6. The summed E-state index contributed by atoms with van der Waals surface area (Å²) in [4.78, 5) is 39.1. The molecule has 0 aliphatic carbocycles. The van der Waals surface area contributed by atoms with Gasteiger partial charge in [-0.25, -0.2) is 9.59 Å². The quantitative estimate of drug-likeness (QED) is 0.0604. The van der Waals surface area contributed by atoms with Gasteiger partial charge in [0.05, 0.1) is 39.7 Å². The average Bonchev–Trinajstić information content (AvgIpc) is 2.99. The lowest BCUT2D eigenvalue weighted by Gasteiger charge is -2.38. The van der Waals surface area contributed by atoms with Crippen LogP contribution in [0, 0.1) is 0 Å². The smallest absolute Gasteiger partial charge is 0.337 e. The minimum absolute atomic E-state index is 0.309. The van der Waals surface area contributed by atoms with Gasteiger partial charge in [0.1, 0.15) is 0 Å². The fourth-order valence-electron chi connectivity index (χ4n) is 4.96. The fourth-order valence-corrected chi connectivity index (χ4v) is 18.6. The Morgan fingerprint density at radius 3 is 1.27 bits per heavy atom. The number of carbonyl (C=O) groups is 2. The molecule has 286 valence electrons. The van der Waals surface area contributed by atoms with E-state index in [0.717, 1.165) is 12.5 Å². The first kappa shape index (κ1) is 43.2. The predicted octanol–water partition coefficient (Wildman–Crippen LogP) is 9.00. The zero-order valence-electron chi connectivity index (χ0n) is 33.4. The second-order valence-electron chi connectivity index (χ2n) is 17.6. The van der Waals surface area contributed by atoms with E-state index in [1.165, 1.54) is 0 Å². The van der Waals surface area contributed by atoms with Crippen LogP contribution in [-0.2, 0) is 17.7 Å². The molecule has 0 saturated heterocycles. The number of benzene rings is 2. The average molecular weight is 801 g/mol. The van der Waals surface area contributed by atoms with E-state index in [9.17, 15) is 9.59 Å². The third kappa shape index (κ3) is 16.6. The van der Waals surface area contributed by atoms with Crippen LogP contribution in [0.5, 0.6) is 0 Å². The minimum atomic E-state index is -2.39. The van der Waals surface area contributed by atoms with Crippen LogP contribution in [-0.4, -0.2) is 87.2 Å². The number of carbonyl (C=O) groups excluding carboxylic acids is 2. The highest BCUT2D eigenvalue weighted by atomic mass is 28.5. The highest BCUT2D eigenvalue weighted by Crippen LogP contribution is 2.26. The molecule has 0 aliphatic rings. The number of nitrogens with zero attached hydrogens (tertiary/aromatic N) is 3. The van der Waals surface area contributed by atoms with Crippen molar-refractivity contribution >= 4 is 82.5 Å². The summed E-state index contributed by atoms with van der Waals surface area (Å²) < 4.78 is 24.4. The summed E-state index contributed by atoms with van der Waals surface area (Å²) in [7, 11) is -9.07. The van der Waals surface area contributed by atoms with Gasteiger partial charge in [0.15, 0.2) is 16.6 Å². The van der Waals surface area contributed by atoms with Gasteiger partial charge >= 0.3 is 20.5 Å². The number of nitrogens with one attached hydrogen (secondary N) is 3. The first-order valence-corrected chi connectivity index (χ1v) is 34.6. The number of rotatable bonds is 19. The van der Waals surface area contributed by atoms with Gasteiger partial charge < -0.3 is 33.7 Å². The van der Waals surface area contributed by atoms with Crippen LogP contribution in [0.25, 0.3) is 0 Å². The molecule has 0 atom stereocenters. The van der Waals surface area contributed by atoms with E-state index in [-0.39, 0.29) is 11.9 Å². The summed E-state index contributed by atoms with van der Waals surface area (Å²) in [5.41, 5.74) is 2.34. The molecule has 3 aromatic rings. The van der Waals surface area contributed by atoms with Crippen molar-refractivity contribution < 1.29 is 27.3 Å². The molecular weight excluding hydrogens is 741 g/mol. The third-order valence-corrected chi connectivity index (χ3v) is 18.4. The van der Waals surface area contributed by atoms with Crippen LogP contribution in [0.4, 0.5) is 29.2 Å². The Balaban J connectivity index is 1.79. The van der Waals surface area contributed by atoms with E-state index in [4.69, 9.17) is 17.7 Å². The first-order chi connectivity index (χ1) is 23.9. The van der Waals surface area contributed by atoms with Crippen molar-refractivity contribution in [3.8, 4) is 0 Å². The Bertz CT molecular complexity index is 1530. The molecule has 0 amide bonds. The molecule has 3 rings (SSSR count). The van der Waals surface area contributed by atoms with Crippen molar-refractivity contribution in [2.75, 3.05) is 35.0 Å². The molecule has 0 bridgehead atoms. The van der Waals surface area contributed by atoms with Crippen molar-refractivity contribution in [1.29, 1.82) is 0 Å². The highest BCUT2D eigenvalue weighted by molar-refractivity contribution is 6.87. The molecule has 3 N–H and O–H groups in total. The van der Waals surface area contributed by atoms with Gasteiger partial charge in [0.25, 0.3) is 0 Å². The van der Waals surface area contributed by atoms with Gasteiger partial charge in [0.2, 0.25) is 17.8 Å². The van der Waals surface area contributed by atoms with E-state index in [1.807, 2.05) is 0 Å². The number of aromatic nitrogens is 3. The molecule has 52 heavy (non-hydrogen) atoms. The summed E-state index contributed by atoms with van der Waals surface area (Å²) in [6, 6.07) is 14.9. The maximum Gasteiger partial charge on any atom is 0.337 e. The third-order valence-electron chi connectivity index (χ3n) is 6.80. The summed E-state index contributed by atoms with van der Waals surface area (Å²) >= 11 is 0. The van der Waals surface area contributed by atoms with E-state index in [0.29, 0.717) is 59.4 Å². The molecule has 0 unspecified atom stereocenters. The van der Waals surface area contributed by atoms with Crippen molar-refractivity contribution in [2.24, 2.45) is 0 Å². The zero-order chi connectivity index (χ0) is 39.0. The predicted molar refractivity (Wildman–Crippen MR) is 225 cm³/mol. The van der Waals surface area contributed by atoms with Crippen LogP contribution in [0.3, 0.4) is 0 Å². The number of hydrogen-bond acceptors (Lipinski definition) is 12. The molecule has 0 aliphatic heterocycles. The van der Waals surface area contributed by atoms with E-state index >= 15 is 0 Å². The normalized spacial score (nSPS) is 12.6. The highest BCUT2D eigenvalue weighted by Gasteiger charge is 2.39. The van der Waals surface area contributed by atoms with E-state index < -0.39 is 41.3 Å². The molecule has 12 nitrogen and oxygen atoms in total. The van der Waals surface area contributed by atoms with Crippen molar-refractivity contribution in [2.45, 2.75) is 97.6 Å². The Hall–Kier alpha value is -3.21. The largest absolute Gasteiger partial charge is 0.466 e.